The minimum atomic E-state index is -1.82. The summed E-state index contributed by atoms with van der Waals surface area (Å²) < 4.78 is 13.3. The van der Waals surface area contributed by atoms with Gasteiger partial charge in [0, 0.05) is 57.8 Å². The average molecular weight is 414 g/mol. The number of nitrogens with one attached hydrogen (secondary N) is 1. The number of aliphatic carboxylic acids is 2. The first kappa shape index (κ1) is 25.1. The molecule has 1 aromatic rings. The minimum absolute atomic E-state index is 0.866. The Hall–Kier alpha value is -1.94. The summed E-state index contributed by atoms with van der Waals surface area (Å²) in [6.45, 7) is 12.0. The monoisotopic (exact) mass is 413 g/mol. The predicted octanol–water partition coefficient (Wildman–Crippen LogP) is 1.27. The highest BCUT2D eigenvalue weighted by Crippen LogP contribution is 2.04. The van der Waals surface area contributed by atoms with E-state index in [4.69, 9.17) is 29.3 Å². The lowest BCUT2D eigenvalue weighted by molar-refractivity contribution is -0.159. The van der Waals surface area contributed by atoms with Crippen LogP contribution in [0.2, 0.25) is 0 Å². The van der Waals surface area contributed by atoms with Gasteiger partial charge in [-0.3, -0.25) is 4.90 Å². The molecule has 1 saturated heterocycles. The Labute approximate surface area is 172 Å². The van der Waals surface area contributed by atoms with Gasteiger partial charge < -0.3 is 29.6 Å². The number of ether oxygens (including phenoxy) is 2. The Balaban J connectivity index is 0.000000612. The maximum Gasteiger partial charge on any atom is 0.414 e. The van der Waals surface area contributed by atoms with Crippen molar-refractivity contribution in [2.24, 2.45) is 0 Å². The van der Waals surface area contributed by atoms with Crippen molar-refractivity contribution in [1.29, 1.82) is 0 Å². The van der Waals surface area contributed by atoms with Crippen molar-refractivity contribution in [3.05, 3.63) is 24.0 Å². The third-order valence-corrected chi connectivity index (χ3v) is 4.46. The van der Waals surface area contributed by atoms with Crippen LogP contribution in [0.5, 0.6) is 0 Å². The largest absolute Gasteiger partial charge is 0.473 e. The van der Waals surface area contributed by atoms with Gasteiger partial charge in [-0.15, -0.1) is 0 Å². The van der Waals surface area contributed by atoms with Crippen LogP contribution < -0.4 is 5.32 Å². The molecule has 0 bridgehead atoms. The third kappa shape index (κ3) is 12.3. The molecule has 9 heteroatoms. The normalized spacial score (nSPS) is 14.2. The zero-order chi connectivity index (χ0) is 21.3. The van der Waals surface area contributed by atoms with E-state index in [9.17, 15) is 0 Å². The van der Waals surface area contributed by atoms with Crippen LogP contribution in [0.15, 0.2) is 18.3 Å². The molecule has 1 aliphatic heterocycles. The van der Waals surface area contributed by atoms with Crippen molar-refractivity contribution >= 4 is 11.9 Å². The Morgan fingerprint density at radius 2 is 1.83 bits per heavy atom. The van der Waals surface area contributed by atoms with Crippen LogP contribution in [-0.2, 0) is 32.2 Å². The van der Waals surface area contributed by atoms with E-state index in [1.165, 1.54) is 18.5 Å². The van der Waals surface area contributed by atoms with Crippen molar-refractivity contribution in [3.8, 4) is 0 Å². The van der Waals surface area contributed by atoms with Crippen LogP contribution in [-0.4, -0.2) is 84.2 Å². The second kappa shape index (κ2) is 15.9. The van der Waals surface area contributed by atoms with Crippen LogP contribution in [0.1, 0.15) is 31.9 Å². The number of carboxylic acids is 2. The van der Waals surface area contributed by atoms with Gasteiger partial charge in [-0.25, -0.2) is 9.59 Å². The quantitative estimate of drug-likeness (QED) is 0.347. The van der Waals surface area contributed by atoms with Gasteiger partial charge in [-0.1, -0.05) is 13.3 Å². The number of rotatable bonds is 12. The molecular formula is C20H35N3O6. The molecular weight excluding hydrogens is 378 g/mol. The highest BCUT2D eigenvalue weighted by molar-refractivity contribution is 6.27. The number of nitrogens with zero attached hydrogens (tertiary/aromatic N) is 2. The van der Waals surface area contributed by atoms with Gasteiger partial charge in [-0.05, 0) is 31.5 Å². The van der Waals surface area contributed by atoms with E-state index in [1.807, 2.05) is 0 Å². The Morgan fingerprint density at radius 3 is 2.48 bits per heavy atom. The van der Waals surface area contributed by atoms with E-state index < -0.39 is 11.9 Å². The van der Waals surface area contributed by atoms with E-state index in [2.05, 4.69) is 40.0 Å². The first-order valence-corrected chi connectivity index (χ1v) is 10.2. The fourth-order valence-electron chi connectivity index (χ4n) is 2.77. The summed E-state index contributed by atoms with van der Waals surface area (Å²) in [7, 11) is 0. The molecule has 0 saturated carbocycles. The van der Waals surface area contributed by atoms with Gasteiger partial charge >= 0.3 is 11.9 Å². The molecule has 0 aliphatic carbocycles. The molecule has 0 unspecified atom stereocenters. The summed E-state index contributed by atoms with van der Waals surface area (Å²) in [6, 6.07) is 4.36. The first-order chi connectivity index (χ1) is 14.0. The molecule has 3 N–H and O–H groups in total. The number of carboxylic acid groups (broad SMARTS) is 2. The molecule has 29 heavy (non-hydrogen) atoms. The molecule has 1 aromatic heterocycles. The zero-order valence-electron chi connectivity index (χ0n) is 17.3. The molecule has 1 fully saturated rings. The lowest BCUT2D eigenvalue weighted by atomic mass is 10.3. The van der Waals surface area contributed by atoms with Crippen LogP contribution in [0.25, 0.3) is 0 Å². The topological polar surface area (TPSA) is 113 Å². The smallest absolute Gasteiger partial charge is 0.414 e. The summed E-state index contributed by atoms with van der Waals surface area (Å²) in [5.41, 5.74) is 1.37. The van der Waals surface area contributed by atoms with E-state index in [-0.39, 0.29) is 0 Å². The van der Waals surface area contributed by atoms with Crippen molar-refractivity contribution in [2.75, 3.05) is 52.6 Å². The summed E-state index contributed by atoms with van der Waals surface area (Å²) in [5.74, 6) is -3.65. The number of hydrogen-bond donors (Lipinski definition) is 3. The molecule has 2 rings (SSSR count). The van der Waals surface area contributed by atoms with E-state index in [0.717, 1.165) is 72.1 Å². The second-order valence-electron chi connectivity index (χ2n) is 6.75. The van der Waals surface area contributed by atoms with Gasteiger partial charge in [0.1, 0.15) is 0 Å². The molecule has 1 aliphatic rings. The molecule has 0 amide bonds. The van der Waals surface area contributed by atoms with E-state index in [0.29, 0.717) is 0 Å². The van der Waals surface area contributed by atoms with Crippen molar-refractivity contribution in [2.45, 2.75) is 39.3 Å². The summed E-state index contributed by atoms with van der Waals surface area (Å²) in [4.78, 5) is 20.7. The number of unbranched alkanes of at least 4 members (excludes halogenated alkanes) is 1. The minimum Gasteiger partial charge on any atom is -0.473 e. The molecule has 0 atom stereocenters. The summed E-state index contributed by atoms with van der Waals surface area (Å²) in [5, 5.41) is 18.3. The van der Waals surface area contributed by atoms with Crippen LogP contribution in [0.3, 0.4) is 0 Å². The Kier molecular flexibility index (Phi) is 13.8. The molecule has 0 radical (unpaired) electrons. The predicted molar refractivity (Wildman–Crippen MR) is 109 cm³/mol. The fraction of sp³-hybridized carbons (Fsp3) is 0.700. The first-order valence-electron chi connectivity index (χ1n) is 10.2. The van der Waals surface area contributed by atoms with Crippen LogP contribution in [0, 0.1) is 0 Å². The number of carbonyl (C=O) groups is 2. The molecule has 2 heterocycles. The third-order valence-electron chi connectivity index (χ3n) is 4.46. The number of morpholine rings is 1. The Bertz CT molecular complexity index is 560. The maximum atomic E-state index is 9.10. The highest BCUT2D eigenvalue weighted by atomic mass is 16.5. The molecule has 0 spiro atoms. The Morgan fingerprint density at radius 1 is 1.14 bits per heavy atom. The standard InChI is InChI=1S/C18H33N3O2.C2H2O4/c1-2-3-13-22-14-5-7-19-17-18-6-4-8-21(18)10-9-20-11-15-23-16-12-20;3-1(4)2(5)6/h4,6,8,19H,2-3,5,7,9-17H2,1H3;(H,3,4)(H,5,6). The summed E-state index contributed by atoms with van der Waals surface area (Å²) >= 11 is 0. The second-order valence-corrected chi connectivity index (χ2v) is 6.75. The van der Waals surface area contributed by atoms with Gasteiger partial charge in [0.2, 0.25) is 0 Å². The summed E-state index contributed by atoms with van der Waals surface area (Å²) in [6.07, 6.45) is 5.65. The fourth-order valence-corrected chi connectivity index (χ4v) is 2.77. The number of hydrogen-bond acceptors (Lipinski definition) is 6. The lowest BCUT2D eigenvalue weighted by Gasteiger charge is -2.27. The van der Waals surface area contributed by atoms with Crippen molar-refractivity contribution in [1.82, 2.24) is 14.8 Å². The van der Waals surface area contributed by atoms with Gasteiger partial charge in [0.15, 0.2) is 0 Å². The van der Waals surface area contributed by atoms with Gasteiger partial charge in [0.05, 0.1) is 13.2 Å². The van der Waals surface area contributed by atoms with Crippen molar-refractivity contribution < 1.29 is 29.3 Å². The maximum absolute atomic E-state index is 9.10. The van der Waals surface area contributed by atoms with Crippen LogP contribution in [0.4, 0.5) is 0 Å². The van der Waals surface area contributed by atoms with Gasteiger partial charge in [0.25, 0.3) is 0 Å². The van der Waals surface area contributed by atoms with Crippen molar-refractivity contribution in [3.63, 3.8) is 0 Å². The van der Waals surface area contributed by atoms with Crippen LogP contribution >= 0.6 is 0 Å². The van der Waals surface area contributed by atoms with E-state index in [1.54, 1.807) is 0 Å². The lowest BCUT2D eigenvalue weighted by Crippen LogP contribution is -2.38. The van der Waals surface area contributed by atoms with E-state index >= 15 is 0 Å². The number of aromatic nitrogens is 1. The molecule has 0 aromatic carbocycles. The molecule has 9 nitrogen and oxygen atoms in total. The zero-order valence-corrected chi connectivity index (χ0v) is 17.3. The average Bonchev–Trinajstić information content (AvgIpc) is 3.17. The van der Waals surface area contributed by atoms with Gasteiger partial charge in [-0.2, -0.15) is 0 Å². The highest BCUT2D eigenvalue weighted by Gasteiger charge is 2.10. The molecule has 166 valence electrons. The SMILES string of the molecule is CCCCOCCCNCc1cccn1CCN1CCOCC1.O=C(O)C(=O)O.